The fourth-order valence-corrected chi connectivity index (χ4v) is 3.81. The van der Waals surface area contributed by atoms with Crippen LogP contribution in [0.25, 0.3) is 10.9 Å². The second-order valence-corrected chi connectivity index (χ2v) is 6.70. The lowest BCUT2D eigenvalue weighted by Crippen LogP contribution is -2.61. The van der Waals surface area contributed by atoms with Gasteiger partial charge in [0.15, 0.2) is 0 Å². The molecule has 0 spiro atoms. The van der Waals surface area contributed by atoms with Crippen molar-refractivity contribution in [1.29, 1.82) is 0 Å². The van der Waals surface area contributed by atoms with Crippen LogP contribution in [0, 0.1) is 11.3 Å². The molecular weight excluding hydrogens is 248 g/mol. The van der Waals surface area contributed by atoms with Crippen LogP contribution in [-0.2, 0) is 11.2 Å². The van der Waals surface area contributed by atoms with Crippen LogP contribution in [0.15, 0.2) is 30.5 Å². The molecule has 2 bridgehead atoms. The number of para-hydroxylation sites is 1. The number of aromatic nitrogens is 1. The second-order valence-electron chi connectivity index (χ2n) is 6.70. The van der Waals surface area contributed by atoms with E-state index in [4.69, 9.17) is 0 Å². The van der Waals surface area contributed by atoms with E-state index in [1.807, 2.05) is 6.07 Å². The summed E-state index contributed by atoms with van der Waals surface area (Å²) in [6.45, 7) is 2.10. The zero-order valence-corrected chi connectivity index (χ0v) is 11.8. The van der Waals surface area contributed by atoms with Crippen molar-refractivity contribution in [3.05, 3.63) is 36.0 Å². The summed E-state index contributed by atoms with van der Waals surface area (Å²) in [7, 11) is 0. The van der Waals surface area contributed by atoms with Crippen LogP contribution < -0.4 is 5.32 Å². The van der Waals surface area contributed by atoms with Gasteiger partial charge >= 0.3 is 0 Å². The molecule has 1 atom stereocenters. The molecule has 20 heavy (non-hydrogen) atoms. The number of carbonyl (C=O) groups excluding carboxylic acids is 1. The number of aromatic amines is 1. The number of hydrogen-bond donors (Lipinski definition) is 2. The Balaban J connectivity index is 1.44. The Labute approximate surface area is 118 Å². The van der Waals surface area contributed by atoms with Gasteiger partial charge in [0, 0.05) is 28.6 Å². The lowest BCUT2D eigenvalue weighted by molar-refractivity contribution is -0.165. The minimum atomic E-state index is 0.0269. The number of hydrogen-bond acceptors (Lipinski definition) is 1. The number of nitrogens with one attached hydrogen (secondary N) is 2. The molecule has 3 aliphatic carbocycles. The molecule has 2 N–H and O–H groups in total. The molecule has 0 saturated heterocycles. The highest BCUT2D eigenvalue weighted by Crippen LogP contribution is 2.64. The van der Waals surface area contributed by atoms with Crippen LogP contribution in [0.4, 0.5) is 0 Å². The van der Waals surface area contributed by atoms with E-state index in [0.29, 0.717) is 0 Å². The Bertz CT molecular complexity index is 655. The molecular formula is C17H20N2O. The summed E-state index contributed by atoms with van der Waals surface area (Å²) < 4.78 is 0. The zero-order chi connectivity index (χ0) is 13.7. The maximum absolute atomic E-state index is 12.3. The zero-order valence-electron chi connectivity index (χ0n) is 11.8. The first-order valence-electron chi connectivity index (χ1n) is 7.52. The van der Waals surface area contributed by atoms with E-state index in [1.54, 1.807) is 0 Å². The predicted octanol–water partition coefficient (Wildman–Crippen LogP) is 3.02. The number of amides is 1. The first-order chi connectivity index (χ1) is 9.66. The Kier molecular flexibility index (Phi) is 2.47. The molecule has 1 amide bonds. The fourth-order valence-electron chi connectivity index (χ4n) is 3.81. The third kappa shape index (κ3) is 1.69. The van der Waals surface area contributed by atoms with E-state index >= 15 is 0 Å². The van der Waals surface area contributed by atoms with Crippen molar-refractivity contribution in [3.8, 4) is 0 Å². The molecule has 1 heterocycles. The van der Waals surface area contributed by atoms with Crippen molar-refractivity contribution in [1.82, 2.24) is 10.3 Å². The summed E-state index contributed by atoms with van der Waals surface area (Å²) in [6.07, 6.45) is 6.32. The highest BCUT2D eigenvalue weighted by molar-refractivity contribution is 5.86. The fraction of sp³-hybridized carbons (Fsp3) is 0.471. The van der Waals surface area contributed by atoms with E-state index in [1.165, 1.54) is 16.5 Å². The van der Waals surface area contributed by atoms with Crippen LogP contribution in [0.2, 0.25) is 0 Å². The number of rotatable bonds is 4. The molecule has 5 rings (SSSR count). The number of H-pyrrole nitrogens is 1. The highest BCUT2D eigenvalue weighted by atomic mass is 16.2. The van der Waals surface area contributed by atoms with Crippen molar-refractivity contribution in [2.75, 3.05) is 0 Å². The molecule has 1 unspecified atom stereocenters. The Hall–Kier alpha value is -1.77. The van der Waals surface area contributed by atoms with E-state index in [2.05, 4.69) is 41.6 Å². The smallest absolute Gasteiger partial charge is 0.226 e. The standard InChI is InChI=1S/C17H20N2O/c1-11(19-16(20)17-7-12(8-17)9-17)6-13-10-18-15-5-3-2-4-14(13)15/h2-5,10-12,18H,6-9H2,1H3,(H,19,20). The summed E-state index contributed by atoms with van der Waals surface area (Å²) in [5, 5.41) is 4.47. The molecule has 3 heteroatoms. The van der Waals surface area contributed by atoms with E-state index < -0.39 is 0 Å². The summed E-state index contributed by atoms with van der Waals surface area (Å²) in [5.41, 5.74) is 2.48. The van der Waals surface area contributed by atoms with Gasteiger partial charge in [0.1, 0.15) is 0 Å². The molecule has 3 nitrogen and oxygen atoms in total. The predicted molar refractivity (Wildman–Crippen MR) is 79.4 cm³/mol. The highest BCUT2D eigenvalue weighted by Gasteiger charge is 2.61. The summed E-state index contributed by atoms with van der Waals surface area (Å²) in [6, 6.07) is 8.51. The third-order valence-corrected chi connectivity index (χ3v) is 5.10. The average Bonchev–Trinajstić information content (AvgIpc) is 2.68. The molecule has 3 aliphatic rings. The van der Waals surface area contributed by atoms with Crippen molar-refractivity contribution < 1.29 is 4.79 Å². The Morgan fingerprint density at radius 2 is 2.15 bits per heavy atom. The van der Waals surface area contributed by atoms with Crippen molar-refractivity contribution in [2.45, 2.75) is 38.6 Å². The normalized spacial score (nSPS) is 28.6. The van der Waals surface area contributed by atoms with Crippen LogP contribution in [-0.4, -0.2) is 16.9 Å². The van der Waals surface area contributed by atoms with Crippen LogP contribution >= 0.6 is 0 Å². The van der Waals surface area contributed by atoms with Crippen LogP contribution in [0.3, 0.4) is 0 Å². The topological polar surface area (TPSA) is 44.9 Å². The van der Waals surface area contributed by atoms with Crippen molar-refractivity contribution >= 4 is 16.8 Å². The number of carbonyl (C=O) groups is 1. The number of fused-ring (bicyclic) bond motifs is 1. The molecule has 104 valence electrons. The first kappa shape index (κ1) is 12.0. The molecule has 3 fully saturated rings. The Morgan fingerprint density at radius 3 is 2.85 bits per heavy atom. The minimum absolute atomic E-state index is 0.0269. The van der Waals surface area contributed by atoms with Crippen LogP contribution in [0.5, 0.6) is 0 Å². The van der Waals surface area contributed by atoms with Gasteiger partial charge in [0.05, 0.1) is 0 Å². The van der Waals surface area contributed by atoms with E-state index in [-0.39, 0.29) is 17.4 Å². The maximum Gasteiger partial charge on any atom is 0.226 e. The monoisotopic (exact) mass is 268 g/mol. The van der Waals surface area contributed by atoms with Gasteiger partial charge in [-0.2, -0.15) is 0 Å². The van der Waals surface area contributed by atoms with Crippen molar-refractivity contribution in [3.63, 3.8) is 0 Å². The lowest BCUT2D eigenvalue weighted by Gasteiger charge is -2.60. The quantitative estimate of drug-likeness (QED) is 0.879. The van der Waals surface area contributed by atoms with Gasteiger partial charge in [0.2, 0.25) is 5.91 Å². The van der Waals surface area contributed by atoms with Gasteiger partial charge in [-0.25, -0.2) is 0 Å². The summed E-state index contributed by atoms with van der Waals surface area (Å²) >= 11 is 0. The minimum Gasteiger partial charge on any atom is -0.361 e. The average molecular weight is 268 g/mol. The van der Waals surface area contributed by atoms with E-state index in [9.17, 15) is 4.79 Å². The van der Waals surface area contributed by atoms with Crippen LogP contribution in [0.1, 0.15) is 31.7 Å². The second kappa shape index (κ2) is 4.11. The molecule has 0 radical (unpaired) electrons. The van der Waals surface area contributed by atoms with Gasteiger partial charge < -0.3 is 10.3 Å². The van der Waals surface area contributed by atoms with Gasteiger partial charge in [-0.3, -0.25) is 4.79 Å². The van der Waals surface area contributed by atoms with Gasteiger partial charge in [-0.15, -0.1) is 0 Å². The maximum atomic E-state index is 12.3. The molecule has 2 aromatic rings. The Morgan fingerprint density at radius 1 is 1.40 bits per heavy atom. The van der Waals surface area contributed by atoms with Gasteiger partial charge in [-0.1, -0.05) is 18.2 Å². The lowest BCUT2D eigenvalue weighted by atomic mass is 9.44. The first-order valence-corrected chi connectivity index (χ1v) is 7.52. The summed E-state index contributed by atoms with van der Waals surface area (Å²) in [5.74, 6) is 1.14. The third-order valence-electron chi connectivity index (χ3n) is 5.10. The SMILES string of the molecule is CC(Cc1c[nH]c2ccccc12)NC(=O)C12CC(C1)C2. The molecule has 0 aliphatic heterocycles. The largest absolute Gasteiger partial charge is 0.361 e. The molecule has 3 saturated carbocycles. The molecule has 1 aromatic heterocycles. The van der Waals surface area contributed by atoms with Gasteiger partial charge in [-0.05, 0) is 50.2 Å². The van der Waals surface area contributed by atoms with Gasteiger partial charge in [0.25, 0.3) is 0 Å². The summed E-state index contributed by atoms with van der Waals surface area (Å²) in [4.78, 5) is 15.6. The van der Waals surface area contributed by atoms with Crippen molar-refractivity contribution in [2.24, 2.45) is 11.3 Å². The molecule has 1 aromatic carbocycles. The number of benzene rings is 1. The van der Waals surface area contributed by atoms with E-state index in [0.717, 1.165) is 31.6 Å².